The van der Waals surface area contributed by atoms with Crippen LogP contribution in [0.15, 0.2) is 90.7 Å². The van der Waals surface area contributed by atoms with Crippen molar-refractivity contribution in [1.29, 1.82) is 0 Å². The average Bonchev–Trinajstić information content (AvgIpc) is 3.51. The first-order chi connectivity index (χ1) is 16.6. The molecule has 1 aliphatic heterocycles. The Bertz CT molecular complexity index is 1220. The number of ether oxygens (including phenoxy) is 1. The van der Waals surface area contributed by atoms with Crippen molar-refractivity contribution >= 4 is 23.3 Å². The summed E-state index contributed by atoms with van der Waals surface area (Å²) in [7, 11) is 4.01. The lowest BCUT2D eigenvalue weighted by Gasteiger charge is -2.24. The van der Waals surface area contributed by atoms with Gasteiger partial charge in [0.15, 0.2) is 0 Å². The van der Waals surface area contributed by atoms with Gasteiger partial charge in [0, 0.05) is 51.5 Å². The molecule has 3 aliphatic rings. The van der Waals surface area contributed by atoms with Crippen LogP contribution >= 0.6 is 0 Å². The maximum atomic E-state index is 5.94. The summed E-state index contributed by atoms with van der Waals surface area (Å²) in [6.07, 6.45) is 12.4. The third kappa shape index (κ3) is 4.49. The lowest BCUT2D eigenvalue weighted by Crippen LogP contribution is -2.24. The third-order valence-corrected chi connectivity index (χ3v) is 6.47. The highest BCUT2D eigenvalue weighted by molar-refractivity contribution is 5.65. The summed E-state index contributed by atoms with van der Waals surface area (Å²) in [5.41, 5.74) is 4.75. The molecule has 0 saturated heterocycles. The maximum absolute atomic E-state index is 5.94. The van der Waals surface area contributed by atoms with Gasteiger partial charge in [-0.3, -0.25) is 0 Å². The third-order valence-electron chi connectivity index (χ3n) is 6.47. The van der Waals surface area contributed by atoms with Gasteiger partial charge in [-0.1, -0.05) is 49.6 Å². The van der Waals surface area contributed by atoms with E-state index in [0.717, 1.165) is 47.6 Å². The Morgan fingerprint density at radius 2 is 2.18 bits per heavy atom. The fraction of sp³-hybridized carbons (Fsp3) is 0.286. The highest BCUT2D eigenvalue weighted by atomic mass is 16.5. The van der Waals surface area contributed by atoms with Crippen molar-refractivity contribution in [1.82, 2.24) is 9.97 Å². The monoisotopic (exact) mass is 455 g/mol. The molecule has 0 spiro atoms. The molecule has 176 valence electrons. The Morgan fingerprint density at radius 3 is 2.97 bits per heavy atom. The van der Waals surface area contributed by atoms with E-state index in [2.05, 4.69) is 35.5 Å². The summed E-state index contributed by atoms with van der Waals surface area (Å²) in [5, 5.41) is 3.46. The molecule has 0 bridgehead atoms. The van der Waals surface area contributed by atoms with Crippen molar-refractivity contribution in [2.24, 2.45) is 11.8 Å². The molecule has 2 aromatic rings. The van der Waals surface area contributed by atoms with E-state index in [1.54, 1.807) is 12.2 Å². The molecule has 0 radical (unpaired) electrons. The first-order valence-corrected chi connectivity index (χ1v) is 11.7. The van der Waals surface area contributed by atoms with E-state index >= 15 is 0 Å². The Morgan fingerprint density at radius 1 is 1.29 bits per heavy atom. The first-order valence-electron chi connectivity index (χ1n) is 11.7. The smallest absolute Gasteiger partial charge is 0.233 e. The molecule has 5 rings (SSSR count). The molecule has 1 fully saturated rings. The number of fused-ring (bicyclic) bond motifs is 2. The van der Waals surface area contributed by atoms with Crippen LogP contribution < -0.4 is 19.9 Å². The fourth-order valence-corrected chi connectivity index (χ4v) is 4.59. The molecule has 2 atom stereocenters. The normalized spacial score (nSPS) is 20.5. The second-order valence-electron chi connectivity index (χ2n) is 9.11. The van der Waals surface area contributed by atoms with Crippen molar-refractivity contribution < 1.29 is 6.16 Å². The predicted octanol–water partition coefficient (Wildman–Crippen LogP) is 5.88. The van der Waals surface area contributed by atoms with Gasteiger partial charge in [-0.2, -0.15) is 9.97 Å². The Labute approximate surface area is 203 Å². The number of nitrogens with zero attached hydrogens (tertiary/aromatic N) is 4. The quantitative estimate of drug-likeness (QED) is 0.477. The Balaban J connectivity index is 0.00000289. The number of rotatable bonds is 9. The molecule has 34 heavy (non-hydrogen) atoms. The Kier molecular flexibility index (Phi) is 5.97. The van der Waals surface area contributed by atoms with E-state index in [4.69, 9.17) is 14.7 Å². The molecular formula is C28H33N5O. The summed E-state index contributed by atoms with van der Waals surface area (Å²) < 4.78 is 5.94. The fourth-order valence-electron chi connectivity index (χ4n) is 4.59. The maximum Gasteiger partial charge on any atom is 0.233 e. The number of hydrogen-bond donors (Lipinski definition) is 1. The molecule has 0 amide bonds. The van der Waals surface area contributed by atoms with Crippen molar-refractivity contribution in [3.8, 4) is 5.75 Å². The van der Waals surface area contributed by atoms with Gasteiger partial charge in [-0.15, -0.1) is 0 Å². The van der Waals surface area contributed by atoms with Crippen molar-refractivity contribution in [2.75, 3.05) is 42.4 Å². The van der Waals surface area contributed by atoms with Crippen LogP contribution in [0.4, 0.5) is 23.3 Å². The number of hydrogen-bond acceptors (Lipinski definition) is 6. The molecule has 2 unspecified atom stereocenters. The molecule has 1 aromatic heterocycles. The summed E-state index contributed by atoms with van der Waals surface area (Å²) in [6.45, 7) is 8.92. The van der Waals surface area contributed by atoms with Gasteiger partial charge in [0.1, 0.15) is 24.0 Å². The number of benzene rings is 1. The molecular weight excluding hydrogens is 422 g/mol. The number of nitrogens with one attached hydrogen (secondary N) is 1. The topological polar surface area (TPSA) is 53.5 Å². The van der Waals surface area contributed by atoms with Crippen molar-refractivity contribution in [3.05, 3.63) is 90.7 Å². The minimum atomic E-state index is 0. The van der Waals surface area contributed by atoms with Gasteiger partial charge in [-0.25, -0.2) is 0 Å². The molecule has 2 aliphatic carbocycles. The van der Waals surface area contributed by atoms with Crippen LogP contribution in [0.25, 0.3) is 0 Å². The van der Waals surface area contributed by atoms with E-state index in [1.807, 2.05) is 55.4 Å². The van der Waals surface area contributed by atoms with E-state index in [-0.39, 0.29) is 1.43 Å². The summed E-state index contributed by atoms with van der Waals surface area (Å²) >= 11 is 0. The number of allylic oxidation sites excluding steroid dienone is 5. The van der Waals surface area contributed by atoms with Crippen molar-refractivity contribution in [3.63, 3.8) is 0 Å². The number of anilines is 4. The minimum absolute atomic E-state index is 0. The van der Waals surface area contributed by atoms with Gasteiger partial charge in [0.05, 0.1) is 0 Å². The van der Waals surface area contributed by atoms with Crippen molar-refractivity contribution in [2.45, 2.75) is 12.8 Å². The standard InChI is InChI=1S/C28H31N5O.H2/c1-5-8-19(6-2)18-34-23-10-7-9-22(16-23)29-25-17-26(32(3)4)31-28(30-25)33-14-13-20-11-12-21-15-24(21)27(20)33;/h5-12,16-17,21,24H,1-2,13-15,18H2,3-4H3,(H,29,30,31);1H/b19-8+;. The molecule has 1 N–H and O–H groups in total. The summed E-state index contributed by atoms with van der Waals surface area (Å²) in [5.74, 6) is 4.49. The van der Waals surface area contributed by atoms with Crippen LogP contribution in [0, 0.1) is 11.8 Å². The van der Waals surface area contributed by atoms with Gasteiger partial charge in [-0.05, 0) is 42.0 Å². The predicted molar refractivity (Wildman–Crippen MR) is 142 cm³/mol. The van der Waals surface area contributed by atoms with Crippen LogP contribution in [-0.2, 0) is 0 Å². The minimum Gasteiger partial charge on any atom is -0.489 e. The van der Waals surface area contributed by atoms with E-state index in [9.17, 15) is 0 Å². The van der Waals surface area contributed by atoms with Gasteiger partial charge in [0.25, 0.3) is 0 Å². The molecule has 2 heterocycles. The SMILES string of the molecule is C=C/C=C(\C=C)COc1cccc(Nc2cc(N(C)C)nc(N3CCC4=C3C3CC3C=C4)n2)c1.[HH]. The lowest BCUT2D eigenvalue weighted by molar-refractivity contribution is 0.356. The molecule has 6 nitrogen and oxygen atoms in total. The van der Waals surface area contributed by atoms with E-state index in [1.165, 1.54) is 17.7 Å². The van der Waals surface area contributed by atoms with Crippen LogP contribution in [-0.4, -0.2) is 37.2 Å². The van der Waals surface area contributed by atoms with Crippen LogP contribution in [0.2, 0.25) is 0 Å². The van der Waals surface area contributed by atoms with Crippen LogP contribution in [0.3, 0.4) is 0 Å². The second kappa shape index (κ2) is 9.21. The zero-order chi connectivity index (χ0) is 23.7. The van der Waals surface area contributed by atoms with Gasteiger partial charge >= 0.3 is 0 Å². The zero-order valence-electron chi connectivity index (χ0n) is 19.9. The van der Waals surface area contributed by atoms with Gasteiger partial charge in [0.2, 0.25) is 5.95 Å². The summed E-state index contributed by atoms with van der Waals surface area (Å²) in [6, 6.07) is 9.87. The highest BCUT2D eigenvalue weighted by Crippen LogP contribution is 2.53. The largest absolute Gasteiger partial charge is 0.489 e. The Hall–Kier alpha value is -3.80. The number of aromatic nitrogens is 2. The molecule has 1 saturated carbocycles. The van der Waals surface area contributed by atoms with Crippen LogP contribution in [0.5, 0.6) is 5.75 Å². The van der Waals surface area contributed by atoms with Gasteiger partial charge < -0.3 is 19.9 Å². The van der Waals surface area contributed by atoms with Crippen LogP contribution in [0.1, 0.15) is 14.3 Å². The second-order valence-corrected chi connectivity index (χ2v) is 9.11. The summed E-state index contributed by atoms with van der Waals surface area (Å²) in [4.78, 5) is 14.2. The zero-order valence-corrected chi connectivity index (χ0v) is 19.9. The first kappa shape index (κ1) is 22.0. The molecule has 6 heteroatoms. The average molecular weight is 456 g/mol. The van der Waals surface area contributed by atoms with E-state index in [0.29, 0.717) is 18.4 Å². The molecule has 1 aromatic carbocycles. The van der Waals surface area contributed by atoms with E-state index < -0.39 is 0 Å². The highest BCUT2D eigenvalue weighted by Gasteiger charge is 2.46. The lowest BCUT2D eigenvalue weighted by atomic mass is 10.0.